The molecule has 1 aliphatic heterocycles. The van der Waals surface area contributed by atoms with Crippen LogP contribution in [-0.2, 0) is 30.2 Å². The summed E-state index contributed by atoms with van der Waals surface area (Å²) in [6.07, 6.45) is 4.39. The van der Waals surface area contributed by atoms with Crippen LogP contribution in [0.3, 0.4) is 0 Å². The van der Waals surface area contributed by atoms with E-state index in [2.05, 4.69) is 15.9 Å². The van der Waals surface area contributed by atoms with Crippen LogP contribution in [0.25, 0.3) is 11.2 Å². The Bertz CT molecular complexity index is 1140. The minimum absolute atomic E-state index is 0.218. The number of anilines is 1. The zero-order valence-electron chi connectivity index (χ0n) is 19.9. The van der Waals surface area contributed by atoms with Gasteiger partial charge in [-0.15, -0.1) is 0 Å². The van der Waals surface area contributed by atoms with Gasteiger partial charge in [0.2, 0.25) is 5.95 Å². The van der Waals surface area contributed by atoms with E-state index < -0.39 is 0 Å². The van der Waals surface area contributed by atoms with Gasteiger partial charge >= 0.3 is 11.7 Å². The molecule has 0 N–H and O–H groups in total. The van der Waals surface area contributed by atoms with Gasteiger partial charge in [-0.3, -0.25) is 18.7 Å². The van der Waals surface area contributed by atoms with E-state index in [1.54, 1.807) is 7.05 Å². The van der Waals surface area contributed by atoms with Gasteiger partial charge in [0.15, 0.2) is 11.2 Å². The van der Waals surface area contributed by atoms with Crippen molar-refractivity contribution in [3.8, 4) is 0 Å². The molecule has 1 atom stereocenters. The summed E-state index contributed by atoms with van der Waals surface area (Å²) in [5, 5.41) is 0. The lowest BCUT2D eigenvalue weighted by atomic mass is 10.0. The number of esters is 1. The highest BCUT2D eigenvalue weighted by Gasteiger charge is 2.28. The van der Waals surface area contributed by atoms with Crippen molar-refractivity contribution in [2.75, 3.05) is 38.7 Å². The Morgan fingerprint density at radius 2 is 1.97 bits per heavy atom. The van der Waals surface area contributed by atoms with Crippen LogP contribution < -0.4 is 16.1 Å². The number of carbonyl (C=O) groups is 1. The van der Waals surface area contributed by atoms with Crippen LogP contribution in [0.5, 0.6) is 0 Å². The predicted octanol–water partition coefficient (Wildman–Crippen LogP) is 0.864. The summed E-state index contributed by atoms with van der Waals surface area (Å²) in [5.74, 6) is 0.478. The fourth-order valence-electron chi connectivity index (χ4n) is 4.17. The Labute approximate surface area is 187 Å². The molecule has 176 valence electrons. The molecule has 32 heavy (non-hydrogen) atoms. The summed E-state index contributed by atoms with van der Waals surface area (Å²) >= 11 is 0. The Balaban J connectivity index is 2.00. The molecule has 3 rings (SSSR count). The molecule has 0 bridgehead atoms. The number of fused-ring (bicyclic) bond motifs is 1. The van der Waals surface area contributed by atoms with Crippen molar-refractivity contribution < 1.29 is 9.53 Å². The van der Waals surface area contributed by atoms with Gasteiger partial charge in [0.1, 0.15) is 0 Å². The summed E-state index contributed by atoms with van der Waals surface area (Å²) in [7, 11) is 6.56. The van der Waals surface area contributed by atoms with Crippen molar-refractivity contribution in [1.29, 1.82) is 0 Å². The van der Waals surface area contributed by atoms with E-state index in [4.69, 9.17) is 9.72 Å². The molecular weight excluding hydrogens is 412 g/mol. The number of hydrogen-bond acceptors (Lipinski definition) is 7. The molecule has 0 aromatic carbocycles. The molecular formula is C22H34N6O4. The molecule has 1 saturated heterocycles. The molecule has 0 spiro atoms. The maximum Gasteiger partial charge on any atom is 0.332 e. The predicted molar refractivity (Wildman–Crippen MR) is 124 cm³/mol. The largest absolute Gasteiger partial charge is 0.469 e. The molecule has 2 aromatic heterocycles. The van der Waals surface area contributed by atoms with Gasteiger partial charge in [0, 0.05) is 46.3 Å². The first-order valence-corrected chi connectivity index (χ1v) is 11.0. The Hall–Kier alpha value is -2.88. The second-order valence-electron chi connectivity index (χ2n) is 8.73. The zero-order chi connectivity index (χ0) is 23.6. The Morgan fingerprint density at radius 3 is 2.62 bits per heavy atom. The van der Waals surface area contributed by atoms with Gasteiger partial charge in [0.05, 0.1) is 13.5 Å². The third-order valence-corrected chi connectivity index (χ3v) is 6.21. The number of imidazole rings is 1. The number of methoxy groups -OCH3 is 1. The van der Waals surface area contributed by atoms with Gasteiger partial charge in [-0.1, -0.05) is 11.6 Å². The van der Waals surface area contributed by atoms with Crippen molar-refractivity contribution >= 4 is 23.1 Å². The third-order valence-electron chi connectivity index (χ3n) is 6.21. The molecule has 2 aromatic rings. The molecule has 1 unspecified atom stereocenters. The molecule has 0 radical (unpaired) electrons. The van der Waals surface area contributed by atoms with Crippen molar-refractivity contribution in [2.45, 2.75) is 45.7 Å². The van der Waals surface area contributed by atoms with Gasteiger partial charge in [-0.2, -0.15) is 4.98 Å². The number of hydrogen-bond donors (Lipinski definition) is 0. The van der Waals surface area contributed by atoms with E-state index in [0.29, 0.717) is 36.6 Å². The minimum atomic E-state index is -0.389. The average molecular weight is 447 g/mol. The summed E-state index contributed by atoms with van der Waals surface area (Å²) in [5.41, 5.74) is 1.24. The van der Waals surface area contributed by atoms with Crippen LogP contribution in [0.4, 0.5) is 5.95 Å². The number of likely N-dealkylation sites (N-methyl/N-ethyl adjacent to an activating group) is 1. The highest BCUT2D eigenvalue weighted by atomic mass is 16.5. The van der Waals surface area contributed by atoms with Gasteiger partial charge in [-0.25, -0.2) is 4.79 Å². The van der Waals surface area contributed by atoms with Gasteiger partial charge in [0.25, 0.3) is 5.56 Å². The number of aromatic nitrogens is 4. The van der Waals surface area contributed by atoms with Gasteiger partial charge in [-0.05, 0) is 33.7 Å². The summed E-state index contributed by atoms with van der Waals surface area (Å²) in [6, 6.07) is 0.247. The van der Waals surface area contributed by atoms with Crippen molar-refractivity contribution in [3.63, 3.8) is 0 Å². The lowest BCUT2D eigenvalue weighted by molar-refractivity contribution is -0.141. The van der Waals surface area contributed by atoms with E-state index in [1.807, 2.05) is 25.5 Å². The minimum Gasteiger partial charge on any atom is -0.469 e. The summed E-state index contributed by atoms with van der Waals surface area (Å²) in [4.78, 5) is 46.2. The van der Waals surface area contributed by atoms with E-state index in [1.165, 1.54) is 18.7 Å². The van der Waals surface area contributed by atoms with Gasteiger partial charge < -0.3 is 19.1 Å². The number of carbonyl (C=O) groups excluding carboxylic acids is 1. The van der Waals surface area contributed by atoms with E-state index in [9.17, 15) is 14.4 Å². The van der Waals surface area contributed by atoms with E-state index in [-0.39, 0.29) is 23.3 Å². The topological polar surface area (TPSA) is 94.6 Å². The Morgan fingerprint density at radius 1 is 1.25 bits per heavy atom. The first-order valence-electron chi connectivity index (χ1n) is 11.0. The normalized spacial score (nSPS) is 16.6. The fourth-order valence-corrected chi connectivity index (χ4v) is 4.17. The van der Waals surface area contributed by atoms with Crippen molar-refractivity contribution in [1.82, 2.24) is 23.6 Å². The molecule has 3 heterocycles. The lowest BCUT2D eigenvalue weighted by Crippen LogP contribution is -2.47. The molecule has 1 fully saturated rings. The number of rotatable bonds is 7. The smallest absolute Gasteiger partial charge is 0.332 e. The maximum absolute atomic E-state index is 13.0. The first-order chi connectivity index (χ1) is 15.1. The van der Waals surface area contributed by atoms with Crippen LogP contribution in [0.2, 0.25) is 0 Å². The number of ether oxygens (including phenoxy) is 1. The standard InChI is InChI=1S/C22H34N6O4/c1-15(2)9-13-28-18-19(25(4)22(31)26(5)20(18)30)23-21(28)27-11-7-8-16(14-27)24(3)12-10-17(29)32-6/h9,16H,7-8,10-14H2,1-6H3. The number of allylic oxidation sites excluding steroid dienone is 2. The van der Waals surface area contributed by atoms with Crippen LogP contribution in [0.1, 0.15) is 33.1 Å². The summed E-state index contributed by atoms with van der Waals surface area (Å²) < 4.78 is 9.24. The third kappa shape index (κ3) is 4.64. The monoisotopic (exact) mass is 446 g/mol. The number of aryl methyl sites for hydroxylation is 1. The quantitative estimate of drug-likeness (QED) is 0.460. The zero-order valence-corrected chi connectivity index (χ0v) is 19.9. The molecule has 1 aliphatic rings. The SMILES string of the molecule is COC(=O)CCN(C)C1CCCN(c2nc3c(c(=O)n(C)c(=O)n3C)n2CC=C(C)C)C1. The van der Waals surface area contributed by atoms with Crippen LogP contribution in [0, 0.1) is 0 Å². The summed E-state index contributed by atoms with van der Waals surface area (Å²) in [6.45, 7) is 6.69. The number of piperidine rings is 1. The van der Waals surface area contributed by atoms with Crippen molar-refractivity contribution in [2.24, 2.45) is 14.1 Å². The second-order valence-corrected chi connectivity index (χ2v) is 8.73. The molecule has 0 aliphatic carbocycles. The van der Waals surface area contributed by atoms with Crippen LogP contribution in [-0.4, -0.2) is 69.4 Å². The fraction of sp³-hybridized carbons (Fsp3) is 0.636. The van der Waals surface area contributed by atoms with E-state index >= 15 is 0 Å². The molecule has 10 heteroatoms. The second kappa shape index (κ2) is 9.72. The van der Waals surface area contributed by atoms with Crippen LogP contribution >= 0.6 is 0 Å². The number of nitrogens with zero attached hydrogens (tertiary/aromatic N) is 6. The van der Waals surface area contributed by atoms with Crippen molar-refractivity contribution in [3.05, 3.63) is 32.5 Å². The highest BCUT2D eigenvalue weighted by molar-refractivity contribution is 5.74. The average Bonchev–Trinajstić information content (AvgIpc) is 3.17. The molecule has 0 amide bonds. The van der Waals surface area contributed by atoms with E-state index in [0.717, 1.165) is 36.1 Å². The highest BCUT2D eigenvalue weighted by Crippen LogP contribution is 2.25. The lowest BCUT2D eigenvalue weighted by Gasteiger charge is -2.38. The maximum atomic E-state index is 13.0. The molecule has 10 nitrogen and oxygen atoms in total. The molecule has 0 saturated carbocycles. The Kier molecular flexibility index (Phi) is 7.22. The van der Waals surface area contributed by atoms with Crippen LogP contribution in [0.15, 0.2) is 21.2 Å². The first kappa shape index (κ1) is 23.8.